The number of hydrogen-bond acceptors (Lipinski definition) is 10. The second-order valence-corrected chi connectivity index (χ2v) is 8.12. The highest BCUT2D eigenvalue weighted by Gasteiger charge is 2.47. The SMILES string of the molecule is C#Cc1cn([C@H]2O[C@@H](COP(=O)(O)OP(=O)(O)O)[C@@H](O)C2F)c(=O)nc1NO. The summed E-state index contributed by atoms with van der Waals surface area (Å²) in [6, 6.07) is 0. The minimum atomic E-state index is -5.37. The van der Waals surface area contributed by atoms with Crippen LogP contribution >= 0.6 is 15.6 Å². The zero-order valence-corrected chi connectivity index (χ0v) is 15.3. The summed E-state index contributed by atoms with van der Waals surface area (Å²) in [7, 11) is -10.6. The molecule has 14 nitrogen and oxygen atoms in total. The predicted molar refractivity (Wildman–Crippen MR) is 85.6 cm³/mol. The molecule has 0 aliphatic carbocycles. The normalized spacial score (nSPS) is 27.2. The van der Waals surface area contributed by atoms with Gasteiger partial charge < -0.3 is 24.5 Å². The van der Waals surface area contributed by atoms with Crippen LogP contribution in [-0.2, 0) is 22.7 Å². The van der Waals surface area contributed by atoms with Gasteiger partial charge in [0, 0.05) is 6.20 Å². The Morgan fingerprint density at radius 3 is 2.61 bits per heavy atom. The number of aliphatic hydroxyl groups is 1. The first-order valence-electron chi connectivity index (χ1n) is 7.10. The van der Waals surface area contributed by atoms with E-state index >= 15 is 0 Å². The van der Waals surface area contributed by atoms with Gasteiger partial charge in [-0.1, -0.05) is 5.92 Å². The molecule has 0 saturated carbocycles. The molecule has 2 rings (SSSR count). The van der Waals surface area contributed by atoms with E-state index in [0.29, 0.717) is 4.57 Å². The maximum absolute atomic E-state index is 14.4. The van der Waals surface area contributed by atoms with E-state index in [-0.39, 0.29) is 11.4 Å². The van der Waals surface area contributed by atoms with Crippen LogP contribution in [0.25, 0.3) is 0 Å². The number of anilines is 1. The van der Waals surface area contributed by atoms with Crippen molar-refractivity contribution in [2.45, 2.75) is 24.6 Å². The van der Waals surface area contributed by atoms with Crippen molar-refractivity contribution in [1.82, 2.24) is 9.55 Å². The van der Waals surface area contributed by atoms with E-state index in [2.05, 4.69) is 19.7 Å². The second-order valence-electron chi connectivity index (χ2n) is 5.29. The summed E-state index contributed by atoms with van der Waals surface area (Å²) >= 11 is 0. The van der Waals surface area contributed by atoms with Gasteiger partial charge >= 0.3 is 21.3 Å². The van der Waals surface area contributed by atoms with Crippen LogP contribution in [0.2, 0.25) is 0 Å². The molecular weight excluding hydrogens is 431 g/mol. The summed E-state index contributed by atoms with van der Waals surface area (Å²) in [5.74, 6) is 1.69. The molecule has 0 spiro atoms. The maximum atomic E-state index is 14.4. The van der Waals surface area contributed by atoms with Crippen molar-refractivity contribution in [2.75, 3.05) is 12.1 Å². The summed E-state index contributed by atoms with van der Waals surface area (Å²) < 4.78 is 49.9. The quantitative estimate of drug-likeness (QED) is 0.167. The number of phosphoric acid groups is 2. The smallest absolute Gasteiger partial charge is 0.387 e. The number of aliphatic hydroxyl groups excluding tert-OH is 1. The van der Waals surface area contributed by atoms with E-state index < -0.39 is 52.5 Å². The number of hydrogen-bond donors (Lipinski definition) is 6. The van der Waals surface area contributed by atoms with E-state index in [1.54, 1.807) is 5.48 Å². The van der Waals surface area contributed by atoms with Gasteiger partial charge in [-0.15, -0.1) is 6.42 Å². The van der Waals surface area contributed by atoms with Gasteiger partial charge in [-0.3, -0.25) is 19.8 Å². The van der Waals surface area contributed by atoms with Crippen LogP contribution in [0.5, 0.6) is 0 Å². The number of nitrogens with one attached hydrogen (secondary N) is 1. The summed E-state index contributed by atoms with van der Waals surface area (Å²) in [6.45, 7) is -1.02. The van der Waals surface area contributed by atoms with E-state index in [1.807, 2.05) is 0 Å². The summed E-state index contributed by atoms with van der Waals surface area (Å²) in [4.78, 5) is 41.5. The van der Waals surface area contributed by atoms with Gasteiger partial charge in [0.2, 0.25) is 0 Å². The van der Waals surface area contributed by atoms with Crippen LogP contribution in [0.15, 0.2) is 11.0 Å². The van der Waals surface area contributed by atoms with Gasteiger partial charge in [-0.2, -0.15) is 9.29 Å². The molecule has 2 unspecified atom stereocenters. The minimum Gasteiger partial charge on any atom is -0.387 e. The Morgan fingerprint density at radius 2 is 2.07 bits per heavy atom. The third-order valence-corrected chi connectivity index (χ3v) is 5.54. The Labute approximate surface area is 155 Å². The van der Waals surface area contributed by atoms with Crippen LogP contribution in [0.1, 0.15) is 11.8 Å². The van der Waals surface area contributed by atoms with Gasteiger partial charge in [0.05, 0.1) is 12.2 Å². The Morgan fingerprint density at radius 1 is 1.43 bits per heavy atom. The third-order valence-electron chi connectivity index (χ3n) is 3.39. The van der Waals surface area contributed by atoms with Crippen molar-refractivity contribution in [3.05, 3.63) is 22.2 Å². The fraction of sp³-hybridized carbons (Fsp3) is 0.455. The summed E-state index contributed by atoms with van der Waals surface area (Å²) in [5.41, 5.74) is 0.315. The standard InChI is InChI=1S/C11H14FN3O11P2/c1-2-5-3-15(11(17)13-9(5)14-18)10-7(12)8(16)6(25-10)4-24-28(22,23)26-27(19,20)21/h1,3,6-8,10,16,18H,4H2,(H,22,23)(H,13,14,17)(H2,19,20,21)/t6-,7?,8+,10-/m0/s1. The lowest BCUT2D eigenvalue weighted by Gasteiger charge is -2.18. The van der Waals surface area contributed by atoms with Gasteiger partial charge in [0.15, 0.2) is 18.2 Å². The largest absolute Gasteiger partial charge is 0.481 e. The zero-order valence-electron chi connectivity index (χ0n) is 13.5. The third kappa shape index (κ3) is 5.22. The highest BCUT2D eigenvalue weighted by Crippen LogP contribution is 2.57. The lowest BCUT2D eigenvalue weighted by atomic mass is 10.1. The van der Waals surface area contributed by atoms with Crippen molar-refractivity contribution in [3.8, 4) is 12.3 Å². The molecule has 17 heteroatoms. The number of nitrogens with zero attached hydrogens (tertiary/aromatic N) is 2. The van der Waals surface area contributed by atoms with Crippen molar-refractivity contribution in [3.63, 3.8) is 0 Å². The molecule has 156 valence electrons. The predicted octanol–water partition coefficient (Wildman–Crippen LogP) is -1.15. The first-order valence-corrected chi connectivity index (χ1v) is 10.1. The van der Waals surface area contributed by atoms with Crippen LogP contribution in [0.4, 0.5) is 10.2 Å². The molecule has 0 bridgehead atoms. The Bertz CT molecular complexity index is 927. The molecule has 6 N–H and O–H groups in total. The Hall–Kier alpha value is -1.69. The maximum Gasteiger partial charge on any atom is 0.481 e. The van der Waals surface area contributed by atoms with Crippen LogP contribution in [0, 0.1) is 12.3 Å². The van der Waals surface area contributed by atoms with Gasteiger partial charge in [-0.05, 0) is 0 Å². The van der Waals surface area contributed by atoms with Crippen LogP contribution in [0.3, 0.4) is 0 Å². The van der Waals surface area contributed by atoms with E-state index in [0.717, 1.165) is 6.20 Å². The second kappa shape index (κ2) is 8.36. The lowest BCUT2D eigenvalue weighted by molar-refractivity contribution is -0.0482. The first kappa shape index (κ1) is 22.6. The Kier molecular flexibility index (Phi) is 6.74. The molecule has 1 saturated heterocycles. The summed E-state index contributed by atoms with van der Waals surface area (Å²) in [6.07, 6.45) is -1.51. The molecule has 1 aliphatic heterocycles. The van der Waals surface area contributed by atoms with Gasteiger partial charge in [-0.25, -0.2) is 18.3 Å². The summed E-state index contributed by atoms with van der Waals surface area (Å²) in [5, 5.41) is 18.7. The number of phosphoric ester groups is 1. The number of aromatic nitrogens is 2. The number of terminal acetylenes is 1. The molecular formula is C11H14FN3O11P2. The first-order chi connectivity index (χ1) is 12.9. The molecule has 1 aromatic rings. The highest BCUT2D eigenvalue weighted by molar-refractivity contribution is 7.60. The van der Waals surface area contributed by atoms with Crippen LogP contribution < -0.4 is 11.2 Å². The molecule has 1 aliphatic rings. The van der Waals surface area contributed by atoms with Crippen molar-refractivity contribution >= 4 is 21.5 Å². The Balaban J connectivity index is 2.19. The van der Waals surface area contributed by atoms with Crippen molar-refractivity contribution < 1.29 is 52.1 Å². The van der Waals surface area contributed by atoms with E-state index in [9.17, 15) is 28.3 Å². The molecule has 5 atom stereocenters. The monoisotopic (exact) mass is 445 g/mol. The zero-order chi connectivity index (χ0) is 21.3. The average Bonchev–Trinajstić information content (AvgIpc) is 2.86. The number of halogens is 1. The van der Waals surface area contributed by atoms with Crippen molar-refractivity contribution in [2.24, 2.45) is 0 Å². The molecule has 28 heavy (non-hydrogen) atoms. The highest BCUT2D eigenvalue weighted by atomic mass is 31.3. The molecule has 2 heterocycles. The van der Waals surface area contributed by atoms with Gasteiger partial charge in [0.25, 0.3) is 0 Å². The van der Waals surface area contributed by atoms with Crippen molar-refractivity contribution in [1.29, 1.82) is 0 Å². The molecule has 0 amide bonds. The number of alkyl halides is 1. The average molecular weight is 445 g/mol. The van der Waals surface area contributed by atoms with E-state index in [4.69, 9.17) is 26.2 Å². The van der Waals surface area contributed by atoms with Gasteiger partial charge in [0.1, 0.15) is 12.2 Å². The lowest BCUT2D eigenvalue weighted by Crippen LogP contribution is -2.34. The fourth-order valence-corrected chi connectivity index (χ4v) is 3.83. The molecule has 1 aromatic heterocycles. The molecule has 1 fully saturated rings. The fourth-order valence-electron chi connectivity index (χ4n) is 2.23. The number of rotatable bonds is 7. The minimum absolute atomic E-state index is 0.151. The topological polar surface area (TPSA) is 210 Å². The molecule has 0 aromatic carbocycles. The number of ether oxygens (including phenoxy) is 1. The van der Waals surface area contributed by atoms with E-state index in [1.165, 1.54) is 0 Å². The van der Waals surface area contributed by atoms with Crippen LogP contribution in [-0.4, -0.2) is 59.5 Å². The molecule has 0 radical (unpaired) electrons.